The highest BCUT2D eigenvalue weighted by Gasteiger charge is 1.96. The van der Waals surface area contributed by atoms with E-state index in [9.17, 15) is 0 Å². The zero-order valence-electron chi connectivity index (χ0n) is 4.57. The van der Waals surface area contributed by atoms with Crippen LogP contribution in [0.25, 0.3) is 0 Å². The quantitative estimate of drug-likeness (QED) is 0.558. The molecule has 48 valence electrons. The zero-order valence-corrected chi connectivity index (χ0v) is 7.48. The fourth-order valence-electron chi connectivity index (χ4n) is 0.520. The minimum absolute atomic E-state index is 0.642. The van der Waals surface area contributed by atoms with E-state index < -0.39 is 0 Å². The summed E-state index contributed by atoms with van der Waals surface area (Å²) in [5.41, 5.74) is 6.13. The summed E-state index contributed by atoms with van der Waals surface area (Å²) in [7, 11) is 0. The summed E-state index contributed by atoms with van der Waals surface area (Å²) in [5.74, 6) is 0. The maximum absolute atomic E-state index is 5.75. The maximum atomic E-state index is 5.75. The second-order valence-electron chi connectivity index (χ2n) is 1.64. The van der Waals surface area contributed by atoms with Gasteiger partial charge in [-0.15, -0.1) is 0 Å². The summed E-state index contributed by atoms with van der Waals surface area (Å²) in [5, 5.41) is 0.651. The van der Waals surface area contributed by atoms with E-state index in [2.05, 4.69) is 22.6 Å². The van der Waals surface area contributed by atoms with Gasteiger partial charge in [-0.2, -0.15) is 0 Å². The fraction of sp³-hybridized carbons (Fsp3) is 0. The first kappa shape index (κ1) is 7.15. The van der Waals surface area contributed by atoms with Gasteiger partial charge in [0.25, 0.3) is 0 Å². The maximum Gasteiger partial charge on any atom is 0.0768 e. The second-order valence-corrected chi connectivity index (χ2v) is 3.18. The number of benzene rings is 1. The molecule has 0 fully saturated rings. The van der Waals surface area contributed by atoms with Crippen LogP contribution < -0.4 is 5.73 Å². The molecule has 9 heavy (non-hydrogen) atoms. The van der Waals surface area contributed by atoms with Gasteiger partial charge in [-0.1, -0.05) is 17.7 Å². The predicted molar refractivity (Wildman–Crippen MR) is 48.6 cm³/mol. The van der Waals surface area contributed by atoms with Crippen molar-refractivity contribution in [3.05, 3.63) is 26.8 Å². The van der Waals surface area contributed by atoms with Gasteiger partial charge in [0.1, 0.15) is 0 Å². The second kappa shape index (κ2) is 2.75. The molecule has 0 atom stereocenters. The Kier molecular flexibility index (Phi) is 2.18. The molecule has 0 aliphatic carbocycles. The Morgan fingerprint density at radius 2 is 2.11 bits per heavy atom. The lowest BCUT2D eigenvalue weighted by molar-refractivity contribution is 1.63. The van der Waals surface area contributed by atoms with Crippen LogP contribution in [0.1, 0.15) is 0 Å². The van der Waals surface area contributed by atoms with Crippen LogP contribution >= 0.6 is 34.2 Å². The Bertz CT molecular complexity index is 204. The molecule has 0 aromatic heterocycles. The lowest BCUT2D eigenvalue weighted by Crippen LogP contribution is -1.86. The van der Waals surface area contributed by atoms with Gasteiger partial charge in [0, 0.05) is 3.57 Å². The van der Waals surface area contributed by atoms with Crippen LogP contribution in [-0.4, -0.2) is 0 Å². The van der Waals surface area contributed by atoms with Gasteiger partial charge in [0.2, 0.25) is 0 Å². The summed E-state index contributed by atoms with van der Waals surface area (Å²) in [4.78, 5) is 0. The molecule has 0 radical (unpaired) electrons. The van der Waals surface area contributed by atoms with Crippen molar-refractivity contribution in [2.45, 2.75) is 0 Å². The standard InChI is InChI=1S/C6H5ClIN/c7-6-4(8)2-1-3-5(6)9/h1-3H,9H2. The van der Waals surface area contributed by atoms with Crippen LogP contribution in [0.15, 0.2) is 18.2 Å². The van der Waals surface area contributed by atoms with Crippen molar-refractivity contribution in [1.29, 1.82) is 0 Å². The number of nitrogen functional groups attached to an aromatic ring is 1. The first-order valence-electron chi connectivity index (χ1n) is 2.41. The van der Waals surface area contributed by atoms with E-state index in [1.165, 1.54) is 0 Å². The summed E-state index contributed by atoms with van der Waals surface area (Å²) in [6, 6.07) is 5.58. The predicted octanol–water partition coefficient (Wildman–Crippen LogP) is 2.53. The number of nitrogens with two attached hydrogens (primary N) is 1. The van der Waals surface area contributed by atoms with Crippen LogP contribution in [0.2, 0.25) is 5.02 Å². The molecule has 0 saturated heterocycles. The third-order valence-corrected chi connectivity index (χ3v) is 2.62. The van der Waals surface area contributed by atoms with Crippen LogP contribution in [0, 0.1) is 3.57 Å². The highest BCUT2D eigenvalue weighted by atomic mass is 127. The largest absolute Gasteiger partial charge is 0.397 e. The van der Waals surface area contributed by atoms with E-state index in [-0.39, 0.29) is 0 Å². The van der Waals surface area contributed by atoms with Gasteiger partial charge >= 0.3 is 0 Å². The van der Waals surface area contributed by atoms with Crippen LogP contribution in [0.5, 0.6) is 0 Å². The van der Waals surface area contributed by atoms with Gasteiger partial charge in [0.05, 0.1) is 10.7 Å². The van der Waals surface area contributed by atoms with Gasteiger partial charge < -0.3 is 5.73 Å². The summed E-state index contributed by atoms with van der Waals surface area (Å²) in [6.45, 7) is 0. The third-order valence-electron chi connectivity index (χ3n) is 0.981. The molecule has 1 nitrogen and oxygen atoms in total. The molecule has 0 unspecified atom stereocenters. The molecule has 0 heterocycles. The number of rotatable bonds is 0. The van der Waals surface area contributed by atoms with E-state index in [0.717, 1.165) is 3.57 Å². The fourth-order valence-corrected chi connectivity index (χ4v) is 1.17. The molecular formula is C6H5ClIN. The van der Waals surface area contributed by atoms with E-state index in [1.807, 2.05) is 12.1 Å². The molecule has 3 heteroatoms. The Morgan fingerprint density at radius 3 is 2.56 bits per heavy atom. The Morgan fingerprint density at radius 1 is 1.44 bits per heavy atom. The molecule has 0 saturated carbocycles. The zero-order chi connectivity index (χ0) is 6.85. The van der Waals surface area contributed by atoms with Crippen LogP contribution in [0.4, 0.5) is 5.69 Å². The van der Waals surface area contributed by atoms with Crippen molar-refractivity contribution in [1.82, 2.24) is 0 Å². The van der Waals surface area contributed by atoms with E-state index in [0.29, 0.717) is 10.7 Å². The highest BCUT2D eigenvalue weighted by molar-refractivity contribution is 14.1. The number of hydrogen-bond acceptors (Lipinski definition) is 1. The summed E-state index contributed by atoms with van der Waals surface area (Å²) < 4.78 is 0.995. The van der Waals surface area contributed by atoms with Gasteiger partial charge in [-0.05, 0) is 34.7 Å². The minimum Gasteiger partial charge on any atom is -0.397 e. The van der Waals surface area contributed by atoms with Crippen LogP contribution in [-0.2, 0) is 0 Å². The molecule has 0 bridgehead atoms. The molecule has 1 rings (SSSR count). The van der Waals surface area contributed by atoms with Gasteiger partial charge in [-0.3, -0.25) is 0 Å². The third kappa shape index (κ3) is 1.49. The highest BCUT2D eigenvalue weighted by Crippen LogP contribution is 2.23. The van der Waals surface area contributed by atoms with E-state index in [4.69, 9.17) is 17.3 Å². The van der Waals surface area contributed by atoms with E-state index in [1.54, 1.807) is 6.07 Å². The monoisotopic (exact) mass is 253 g/mol. The minimum atomic E-state index is 0.642. The Hall–Kier alpha value is 0.0400. The summed E-state index contributed by atoms with van der Waals surface area (Å²) >= 11 is 7.88. The average molecular weight is 253 g/mol. The molecule has 0 aliphatic rings. The van der Waals surface area contributed by atoms with Crippen molar-refractivity contribution in [3.63, 3.8) is 0 Å². The lowest BCUT2D eigenvalue weighted by atomic mass is 10.3. The molecule has 0 aliphatic heterocycles. The molecular weight excluding hydrogens is 248 g/mol. The Labute approximate surface area is 72.3 Å². The number of anilines is 1. The normalized spacial score (nSPS) is 9.56. The topological polar surface area (TPSA) is 26.0 Å². The number of halogens is 2. The van der Waals surface area contributed by atoms with Crippen molar-refractivity contribution < 1.29 is 0 Å². The van der Waals surface area contributed by atoms with Crippen LogP contribution in [0.3, 0.4) is 0 Å². The smallest absolute Gasteiger partial charge is 0.0768 e. The lowest BCUT2D eigenvalue weighted by Gasteiger charge is -1.96. The van der Waals surface area contributed by atoms with E-state index >= 15 is 0 Å². The summed E-state index contributed by atoms with van der Waals surface area (Å²) in [6.07, 6.45) is 0. The first-order chi connectivity index (χ1) is 4.22. The van der Waals surface area contributed by atoms with Crippen molar-refractivity contribution in [2.24, 2.45) is 0 Å². The first-order valence-corrected chi connectivity index (χ1v) is 3.87. The van der Waals surface area contributed by atoms with Crippen molar-refractivity contribution in [3.8, 4) is 0 Å². The molecule has 0 amide bonds. The molecule has 1 aromatic rings. The SMILES string of the molecule is Nc1cccc(I)c1Cl. The van der Waals surface area contributed by atoms with Gasteiger partial charge in [0.15, 0.2) is 0 Å². The average Bonchev–Trinajstić information content (AvgIpc) is 1.83. The molecule has 2 N–H and O–H groups in total. The van der Waals surface area contributed by atoms with Crippen molar-refractivity contribution in [2.75, 3.05) is 5.73 Å². The Balaban J connectivity index is 3.25. The number of hydrogen-bond donors (Lipinski definition) is 1. The van der Waals surface area contributed by atoms with Gasteiger partial charge in [-0.25, -0.2) is 0 Å². The van der Waals surface area contributed by atoms with Crippen molar-refractivity contribution >= 4 is 39.9 Å². The molecule has 0 spiro atoms. The molecule has 1 aromatic carbocycles.